The van der Waals surface area contributed by atoms with Crippen molar-refractivity contribution in [1.82, 2.24) is 4.98 Å². The number of carbonyl (C=O) groups is 1. The average molecular weight is 366 g/mol. The fraction of sp³-hybridized carbons (Fsp3) is 0.200. The van der Waals surface area contributed by atoms with Crippen molar-refractivity contribution in [2.45, 2.75) is 23.3 Å². The molecule has 0 radical (unpaired) electrons. The van der Waals surface area contributed by atoms with Crippen LogP contribution in [0.2, 0.25) is 0 Å². The molecule has 0 saturated heterocycles. The molecule has 0 fully saturated rings. The molecule has 1 N–H and O–H groups in total. The van der Waals surface area contributed by atoms with Crippen LogP contribution in [0.15, 0.2) is 53.7 Å². The Balaban J connectivity index is 2.11. The van der Waals surface area contributed by atoms with Crippen molar-refractivity contribution in [3.63, 3.8) is 0 Å². The summed E-state index contributed by atoms with van der Waals surface area (Å²) in [4.78, 5) is 25.4. The topological polar surface area (TPSA) is 103 Å². The summed E-state index contributed by atoms with van der Waals surface area (Å²) >= 11 is 0. The fourth-order valence-electron chi connectivity index (χ4n) is 1.90. The van der Waals surface area contributed by atoms with E-state index in [0.717, 1.165) is 5.03 Å². The van der Waals surface area contributed by atoms with Gasteiger partial charge in [-0.25, -0.2) is 9.78 Å². The number of non-ortho nitro benzene ring substituents is 1. The fourth-order valence-corrected chi connectivity index (χ4v) is 4.05. The number of nitro groups is 1. The average Bonchev–Trinajstić information content (AvgIpc) is 2.58. The number of pyridine rings is 1. The highest BCUT2D eigenvalue weighted by molar-refractivity contribution is 8.76. The summed E-state index contributed by atoms with van der Waals surface area (Å²) < 4.78 is 4.98. The maximum absolute atomic E-state index is 11.0. The van der Waals surface area contributed by atoms with Gasteiger partial charge in [-0.05, 0) is 47.5 Å². The molecule has 1 aromatic carbocycles. The Morgan fingerprint density at radius 1 is 1.29 bits per heavy atom. The van der Waals surface area contributed by atoms with E-state index in [9.17, 15) is 14.9 Å². The lowest BCUT2D eigenvalue weighted by Gasteiger charge is -2.22. The Bertz CT molecular complexity index is 697. The van der Waals surface area contributed by atoms with Gasteiger partial charge in [-0.3, -0.25) is 10.1 Å². The van der Waals surface area contributed by atoms with Gasteiger partial charge < -0.3 is 9.84 Å². The van der Waals surface area contributed by atoms with Crippen LogP contribution >= 0.6 is 21.6 Å². The highest BCUT2D eigenvalue weighted by atomic mass is 33.1. The maximum atomic E-state index is 11.0. The van der Waals surface area contributed by atoms with Crippen LogP contribution in [0.3, 0.4) is 0 Å². The second-order valence-electron chi connectivity index (χ2n) is 4.71. The molecule has 2 aromatic rings. The first kappa shape index (κ1) is 18.1. The molecule has 126 valence electrons. The number of aromatic nitrogens is 1. The van der Waals surface area contributed by atoms with Crippen LogP contribution in [0.1, 0.15) is 18.6 Å². The molecule has 0 aliphatic heterocycles. The van der Waals surface area contributed by atoms with Gasteiger partial charge in [0.1, 0.15) is 11.1 Å². The van der Waals surface area contributed by atoms with Crippen molar-refractivity contribution in [1.29, 1.82) is 0 Å². The first-order valence-electron chi connectivity index (χ1n) is 6.85. The number of nitro benzene ring substituents is 1. The van der Waals surface area contributed by atoms with Crippen molar-refractivity contribution < 1.29 is 19.6 Å². The number of benzene rings is 1. The Labute approximate surface area is 146 Å². The number of nitrogens with zero attached hydrogens (tertiary/aromatic N) is 2. The monoisotopic (exact) mass is 366 g/mol. The summed E-state index contributed by atoms with van der Waals surface area (Å²) in [6, 6.07) is 11.2. The molecule has 0 amide bonds. The maximum Gasteiger partial charge on any atom is 0.506 e. The van der Waals surface area contributed by atoms with E-state index in [1.54, 1.807) is 6.20 Å². The zero-order valence-corrected chi connectivity index (χ0v) is 14.2. The quantitative estimate of drug-likeness (QED) is 0.329. The zero-order chi connectivity index (χ0) is 17.5. The highest BCUT2D eigenvalue weighted by Gasteiger charge is 2.25. The number of hydrogen-bond donors (Lipinski definition) is 1. The summed E-state index contributed by atoms with van der Waals surface area (Å²) in [5, 5.41) is 20.3. The lowest BCUT2D eigenvalue weighted by molar-refractivity contribution is -0.384. The van der Waals surface area contributed by atoms with Crippen molar-refractivity contribution >= 4 is 33.4 Å². The first-order chi connectivity index (χ1) is 11.5. The molecule has 0 spiro atoms. The van der Waals surface area contributed by atoms with E-state index in [1.165, 1.54) is 45.9 Å². The molecular formula is C15H14N2O5S2. The van der Waals surface area contributed by atoms with Crippen LogP contribution in [0, 0.1) is 10.1 Å². The van der Waals surface area contributed by atoms with E-state index in [2.05, 4.69) is 4.98 Å². The smallest absolute Gasteiger partial charge is 0.450 e. The molecule has 1 aromatic heterocycles. The van der Waals surface area contributed by atoms with Gasteiger partial charge in [0.05, 0.1) is 10.2 Å². The van der Waals surface area contributed by atoms with Gasteiger partial charge in [-0.15, -0.1) is 0 Å². The molecule has 1 heterocycles. The van der Waals surface area contributed by atoms with Gasteiger partial charge in [-0.1, -0.05) is 16.9 Å². The number of ether oxygens (including phenoxy) is 1. The summed E-state index contributed by atoms with van der Waals surface area (Å²) in [5.41, 5.74) is 0.501. The second-order valence-corrected chi connectivity index (χ2v) is 7.30. The summed E-state index contributed by atoms with van der Waals surface area (Å²) in [5.74, 6) is 0. The van der Waals surface area contributed by atoms with Crippen LogP contribution in [0.5, 0.6) is 0 Å². The molecule has 7 nitrogen and oxygen atoms in total. The normalized spacial score (nSPS) is 13.0. The van der Waals surface area contributed by atoms with Crippen molar-refractivity contribution in [3.05, 3.63) is 64.3 Å². The van der Waals surface area contributed by atoms with Crippen molar-refractivity contribution in [2.24, 2.45) is 0 Å². The molecule has 0 aliphatic rings. The summed E-state index contributed by atoms with van der Waals surface area (Å²) in [7, 11) is 2.83. The lowest BCUT2D eigenvalue weighted by Crippen LogP contribution is -2.18. The largest absolute Gasteiger partial charge is 0.506 e. The molecule has 1 unspecified atom stereocenters. The minimum atomic E-state index is -1.39. The van der Waals surface area contributed by atoms with E-state index < -0.39 is 17.2 Å². The Morgan fingerprint density at radius 2 is 2.00 bits per heavy atom. The van der Waals surface area contributed by atoms with Gasteiger partial charge >= 0.3 is 6.16 Å². The third kappa shape index (κ3) is 5.14. The highest BCUT2D eigenvalue weighted by Crippen LogP contribution is 2.40. The van der Waals surface area contributed by atoms with Crippen LogP contribution in [0.25, 0.3) is 0 Å². The van der Waals surface area contributed by atoms with E-state index >= 15 is 0 Å². The molecule has 0 bridgehead atoms. The lowest BCUT2D eigenvalue weighted by atomic mass is 10.1. The van der Waals surface area contributed by atoms with Gasteiger partial charge in [0, 0.05) is 18.3 Å². The second kappa shape index (κ2) is 8.55. The van der Waals surface area contributed by atoms with Crippen molar-refractivity contribution in [3.8, 4) is 0 Å². The predicted molar refractivity (Wildman–Crippen MR) is 92.1 cm³/mol. The Hall–Kier alpha value is -2.26. The third-order valence-corrected chi connectivity index (χ3v) is 5.78. The van der Waals surface area contributed by atoms with Gasteiger partial charge in [-0.2, -0.15) is 0 Å². The third-order valence-electron chi connectivity index (χ3n) is 3.01. The Kier molecular flexibility index (Phi) is 6.44. The SMILES string of the molecule is C[C@@H](SSc1ccccn1)C(OC(=O)O)c1ccc([N+](=O)[O-])cc1. The van der Waals surface area contributed by atoms with E-state index in [4.69, 9.17) is 9.84 Å². The molecule has 2 atom stereocenters. The first-order valence-corrected chi connectivity index (χ1v) is 9.07. The Morgan fingerprint density at radius 3 is 2.54 bits per heavy atom. The molecule has 24 heavy (non-hydrogen) atoms. The molecule has 9 heteroatoms. The zero-order valence-electron chi connectivity index (χ0n) is 12.6. The standard InChI is InChI=1S/C15H14N2O5S2/c1-10(23-24-13-4-2-3-9-16-13)14(22-15(18)19)11-5-7-12(8-6-11)17(20)21/h2-10,14H,1H3,(H,18,19)/t10-,14?/m1/s1. The van der Waals surface area contributed by atoms with Gasteiger partial charge in [0.25, 0.3) is 5.69 Å². The number of rotatable bonds is 7. The summed E-state index contributed by atoms with van der Waals surface area (Å²) in [6.07, 6.45) is -0.465. The minimum Gasteiger partial charge on any atom is -0.450 e. The van der Waals surface area contributed by atoms with Crippen LogP contribution in [-0.4, -0.2) is 26.4 Å². The number of carboxylic acid groups (broad SMARTS) is 1. The number of hydrogen-bond acceptors (Lipinski definition) is 7. The van der Waals surface area contributed by atoms with Gasteiger partial charge in [0.15, 0.2) is 0 Å². The molecule has 0 saturated carbocycles. The molecular weight excluding hydrogens is 352 g/mol. The molecule has 0 aliphatic carbocycles. The minimum absolute atomic E-state index is 0.0593. The molecule has 2 rings (SSSR count). The van der Waals surface area contributed by atoms with Gasteiger partial charge in [0.2, 0.25) is 0 Å². The van der Waals surface area contributed by atoms with E-state index in [-0.39, 0.29) is 10.9 Å². The van der Waals surface area contributed by atoms with Crippen LogP contribution < -0.4 is 0 Å². The summed E-state index contributed by atoms with van der Waals surface area (Å²) in [6.45, 7) is 1.83. The van der Waals surface area contributed by atoms with Crippen LogP contribution in [-0.2, 0) is 4.74 Å². The van der Waals surface area contributed by atoms with Crippen LogP contribution in [0.4, 0.5) is 10.5 Å². The van der Waals surface area contributed by atoms with E-state index in [0.29, 0.717) is 5.56 Å². The van der Waals surface area contributed by atoms with Crippen molar-refractivity contribution in [2.75, 3.05) is 0 Å². The van der Waals surface area contributed by atoms with E-state index in [1.807, 2.05) is 25.1 Å². The predicted octanol–water partition coefficient (Wildman–Crippen LogP) is 4.55.